The highest BCUT2D eigenvalue weighted by molar-refractivity contribution is 5.79. The van der Waals surface area contributed by atoms with Crippen LogP contribution in [0.25, 0.3) is 11.0 Å². The van der Waals surface area contributed by atoms with E-state index in [4.69, 9.17) is 0 Å². The van der Waals surface area contributed by atoms with Gasteiger partial charge in [-0.05, 0) is 35.4 Å². The molecular formula is C10H9N3O3. The van der Waals surface area contributed by atoms with Gasteiger partial charge in [-0.3, -0.25) is 4.79 Å². The van der Waals surface area contributed by atoms with E-state index in [1.54, 1.807) is 13.0 Å². The molecule has 0 aliphatic rings. The third kappa shape index (κ3) is 1.54. The van der Waals surface area contributed by atoms with E-state index in [0.29, 0.717) is 11.0 Å². The summed E-state index contributed by atoms with van der Waals surface area (Å²) in [5, 5.41) is 10.6. The van der Waals surface area contributed by atoms with E-state index in [0.717, 1.165) is 11.1 Å². The van der Waals surface area contributed by atoms with Gasteiger partial charge in [-0.1, -0.05) is 6.07 Å². The lowest BCUT2D eigenvalue weighted by Gasteiger charge is -1.99. The Labute approximate surface area is 90.1 Å². The average molecular weight is 219 g/mol. The highest BCUT2D eigenvalue weighted by Crippen LogP contribution is 2.16. The molecule has 0 fully saturated rings. The van der Waals surface area contributed by atoms with Crippen molar-refractivity contribution >= 4 is 16.9 Å². The molecule has 1 N–H and O–H groups in total. The fourth-order valence-corrected chi connectivity index (χ4v) is 1.66. The highest BCUT2D eigenvalue weighted by Gasteiger charge is 2.17. The zero-order chi connectivity index (χ0) is 11.9. The number of rotatable bonds is 1. The van der Waals surface area contributed by atoms with Gasteiger partial charge in [-0.2, -0.15) is 0 Å². The van der Waals surface area contributed by atoms with Crippen LogP contribution in [0.1, 0.15) is 11.1 Å². The lowest BCUT2D eigenvalue weighted by molar-refractivity contribution is -0.390. The third-order valence-corrected chi connectivity index (χ3v) is 2.29. The Morgan fingerprint density at radius 1 is 1.38 bits per heavy atom. The second-order valence-corrected chi connectivity index (χ2v) is 3.62. The molecule has 0 bridgehead atoms. The maximum Gasteiger partial charge on any atom is 0.430 e. The van der Waals surface area contributed by atoms with Crippen molar-refractivity contribution < 1.29 is 4.92 Å². The van der Waals surface area contributed by atoms with Gasteiger partial charge in [0.05, 0.1) is 5.52 Å². The molecule has 1 aromatic carbocycles. The van der Waals surface area contributed by atoms with Crippen LogP contribution in [0.2, 0.25) is 0 Å². The van der Waals surface area contributed by atoms with E-state index >= 15 is 0 Å². The first-order valence-corrected chi connectivity index (χ1v) is 4.64. The summed E-state index contributed by atoms with van der Waals surface area (Å²) in [7, 11) is 0. The molecule has 0 aliphatic heterocycles. The summed E-state index contributed by atoms with van der Waals surface area (Å²) >= 11 is 0. The molecule has 16 heavy (non-hydrogen) atoms. The van der Waals surface area contributed by atoms with Crippen molar-refractivity contribution in [2.75, 3.05) is 0 Å². The molecule has 0 saturated heterocycles. The summed E-state index contributed by atoms with van der Waals surface area (Å²) in [5.74, 6) is -0.667. The summed E-state index contributed by atoms with van der Waals surface area (Å²) in [6, 6.07) is 3.60. The van der Waals surface area contributed by atoms with Gasteiger partial charge >= 0.3 is 11.4 Å². The summed E-state index contributed by atoms with van der Waals surface area (Å²) in [6.45, 7) is 3.68. The predicted octanol–water partition coefficient (Wildman–Crippen LogP) is 1.45. The molecule has 2 rings (SSSR count). The molecular weight excluding hydrogens is 210 g/mol. The van der Waals surface area contributed by atoms with E-state index in [1.807, 2.05) is 13.0 Å². The van der Waals surface area contributed by atoms with Gasteiger partial charge in [0.15, 0.2) is 0 Å². The van der Waals surface area contributed by atoms with Crippen molar-refractivity contribution in [3.63, 3.8) is 0 Å². The molecule has 0 amide bonds. The SMILES string of the molecule is Cc1cc(C)c2nc([N+](=O)[O-])c(=O)[nH]c2c1. The molecule has 0 aliphatic carbocycles. The molecule has 0 saturated carbocycles. The maximum absolute atomic E-state index is 11.3. The summed E-state index contributed by atoms with van der Waals surface area (Å²) in [4.78, 5) is 27.4. The molecule has 1 aromatic heterocycles. The van der Waals surface area contributed by atoms with Crippen LogP contribution in [-0.2, 0) is 0 Å². The van der Waals surface area contributed by atoms with Crippen molar-refractivity contribution in [2.45, 2.75) is 13.8 Å². The normalized spacial score (nSPS) is 10.6. The van der Waals surface area contributed by atoms with Gasteiger partial charge in [-0.25, -0.2) is 0 Å². The number of nitrogens with one attached hydrogen (secondary N) is 1. The van der Waals surface area contributed by atoms with Crippen LogP contribution in [0.5, 0.6) is 0 Å². The number of aromatic amines is 1. The number of nitrogens with zero attached hydrogens (tertiary/aromatic N) is 2. The summed E-state index contributed by atoms with van der Waals surface area (Å²) in [5.41, 5.74) is 1.97. The topological polar surface area (TPSA) is 88.9 Å². The van der Waals surface area contributed by atoms with Crippen LogP contribution in [0, 0.1) is 24.0 Å². The number of aromatic nitrogens is 2. The Hall–Kier alpha value is -2.24. The molecule has 0 radical (unpaired) electrons. The van der Waals surface area contributed by atoms with Crippen LogP contribution >= 0.6 is 0 Å². The van der Waals surface area contributed by atoms with Crippen molar-refractivity contribution in [1.29, 1.82) is 0 Å². The van der Waals surface area contributed by atoms with Gasteiger partial charge in [-0.15, -0.1) is 0 Å². The minimum Gasteiger partial charge on any atom is -0.358 e. The smallest absolute Gasteiger partial charge is 0.358 e. The molecule has 1 heterocycles. The number of nitro groups is 1. The van der Waals surface area contributed by atoms with E-state index in [1.165, 1.54) is 0 Å². The van der Waals surface area contributed by atoms with Crippen LogP contribution in [0.3, 0.4) is 0 Å². The maximum atomic E-state index is 11.3. The molecule has 2 aromatic rings. The van der Waals surface area contributed by atoms with Crippen molar-refractivity contribution in [3.8, 4) is 0 Å². The van der Waals surface area contributed by atoms with E-state index in [2.05, 4.69) is 9.97 Å². The van der Waals surface area contributed by atoms with Crippen molar-refractivity contribution in [2.24, 2.45) is 0 Å². The monoisotopic (exact) mass is 219 g/mol. The average Bonchev–Trinajstić information content (AvgIpc) is 2.15. The number of benzene rings is 1. The number of H-pyrrole nitrogens is 1. The minimum atomic E-state index is -0.780. The number of hydrogen-bond acceptors (Lipinski definition) is 4. The van der Waals surface area contributed by atoms with Crippen molar-refractivity contribution in [3.05, 3.63) is 43.7 Å². The summed E-state index contributed by atoms with van der Waals surface area (Å²) in [6.07, 6.45) is 0. The van der Waals surface area contributed by atoms with Gasteiger partial charge < -0.3 is 15.1 Å². The number of aryl methyl sites for hydroxylation is 2. The predicted molar refractivity (Wildman–Crippen MR) is 58.5 cm³/mol. The van der Waals surface area contributed by atoms with E-state index < -0.39 is 16.3 Å². The Kier molecular flexibility index (Phi) is 2.19. The third-order valence-electron chi connectivity index (χ3n) is 2.29. The second-order valence-electron chi connectivity index (χ2n) is 3.62. The summed E-state index contributed by atoms with van der Waals surface area (Å²) < 4.78 is 0. The molecule has 0 atom stereocenters. The molecule has 0 unspecified atom stereocenters. The van der Waals surface area contributed by atoms with Gasteiger partial charge in [0.2, 0.25) is 5.52 Å². The minimum absolute atomic E-state index is 0.455. The number of hydrogen-bond donors (Lipinski definition) is 1. The van der Waals surface area contributed by atoms with E-state index in [9.17, 15) is 14.9 Å². The highest BCUT2D eigenvalue weighted by atomic mass is 16.6. The number of fused-ring (bicyclic) bond motifs is 1. The van der Waals surface area contributed by atoms with Crippen LogP contribution in [0.4, 0.5) is 5.82 Å². The fraction of sp³-hybridized carbons (Fsp3) is 0.200. The second kappa shape index (κ2) is 3.41. The first-order valence-electron chi connectivity index (χ1n) is 4.64. The lowest BCUT2D eigenvalue weighted by atomic mass is 10.1. The Bertz CT molecular complexity index is 646. The van der Waals surface area contributed by atoms with E-state index in [-0.39, 0.29) is 0 Å². The van der Waals surface area contributed by atoms with Crippen LogP contribution < -0.4 is 5.56 Å². The van der Waals surface area contributed by atoms with Gasteiger partial charge in [0.25, 0.3) is 0 Å². The first kappa shape index (κ1) is 10.3. The Morgan fingerprint density at radius 2 is 2.06 bits per heavy atom. The molecule has 82 valence electrons. The molecule has 0 spiro atoms. The standard InChI is InChI=1S/C10H9N3O3/c1-5-3-6(2)8-7(4-5)11-10(14)9(12-8)13(15)16/h3-4H,1-2H3,(H,11,14). The van der Waals surface area contributed by atoms with Crippen molar-refractivity contribution in [1.82, 2.24) is 9.97 Å². The molecule has 6 heteroatoms. The largest absolute Gasteiger partial charge is 0.430 e. The lowest BCUT2D eigenvalue weighted by Crippen LogP contribution is -2.14. The Morgan fingerprint density at radius 3 is 2.69 bits per heavy atom. The van der Waals surface area contributed by atoms with Crippen LogP contribution in [-0.4, -0.2) is 14.9 Å². The van der Waals surface area contributed by atoms with Gasteiger partial charge in [0, 0.05) is 5.56 Å². The zero-order valence-electron chi connectivity index (χ0n) is 8.77. The quantitative estimate of drug-likeness (QED) is 0.580. The molecule has 6 nitrogen and oxygen atoms in total. The first-order chi connectivity index (χ1) is 7.49. The van der Waals surface area contributed by atoms with Gasteiger partial charge in [0.1, 0.15) is 0 Å². The zero-order valence-corrected chi connectivity index (χ0v) is 8.77. The fourth-order valence-electron chi connectivity index (χ4n) is 1.66. The Balaban J connectivity index is 2.90. The van der Waals surface area contributed by atoms with Crippen LogP contribution in [0.15, 0.2) is 16.9 Å².